The molecule has 0 saturated heterocycles. The van der Waals surface area contributed by atoms with Crippen molar-refractivity contribution in [1.29, 1.82) is 0 Å². The highest BCUT2D eigenvalue weighted by Crippen LogP contribution is 2.64. The molecule has 0 bridgehead atoms. The van der Waals surface area contributed by atoms with Crippen LogP contribution in [0.2, 0.25) is 17.1 Å². The SMILES string of the molecule is CCOC(=O)/C(C)=C/[C@H](C)[C@@H](OC(=O)Nc1ccc(OC)cc1)c1ccc(OCCO[Si](CCC(F)(F)C(F)(F)C(F)(F)C(F)(F)C(F)(F)C(F)(F)C(F)(F)C(F)(F)F)(C(C)C)C(C)C)cc1. The van der Waals surface area contributed by atoms with E-state index in [1.54, 1.807) is 38.1 Å². The average Bonchev–Trinajstić information content (AvgIpc) is 3.22. The number of rotatable bonds is 24. The standard InChI is InChI=1S/C41H48F17NO7Si/c1-9-63-32(60)26(7)22-25(6)31(66-33(61)59-28-12-16-29(62-8)17-13-28)27-10-14-30(15-11-27)64-19-20-65-67(23(2)3,24(4)5)21-18-34(42,43)35(44,45)36(46,47)37(48,49)38(50,51)39(52,53)40(54,55)41(56,57)58/h10-17,22-25,31H,9,18-21H2,1-8H3,(H,59,61)/b26-22+/t25-,31+/m0/s1. The van der Waals surface area contributed by atoms with Gasteiger partial charge in [-0.2, -0.15) is 74.6 Å². The Morgan fingerprint density at radius 2 is 1.12 bits per heavy atom. The van der Waals surface area contributed by atoms with Gasteiger partial charge in [0.05, 0.1) is 20.3 Å². The normalized spacial score (nSPS) is 15.1. The van der Waals surface area contributed by atoms with Crippen LogP contribution < -0.4 is 14.8 Å². The zero-order valence-corrected chi connectivity index (χ0v) is 37.8. The number of hydrogen-bond acceptors (Lipinski definition) is 7. The van der Waals surface area contributed by atoms with Gasteiger partial charge in [0.2, 0.25) is 0 Å². The van der Waals surface area contributed by atoms with Gasteiger partial charge in [-0.25, -0.2) is 9.59 Å². The molecule has 0 aromatic heterocycles. The molecule has 0 aliphatic carbocycles. The first-order valence-electron chi connectivity index (χ1n) is 19.9. The first kappa shape index (κ1) is 58.6. The summed E-state index contributed by atoms with van der Waals surface area (Å²) < 4.78 is 263. The van der Waals surface area contributed by atoms with Gasteiger partial charge in [-0.05, 0) is 72.9 Å². The molecule has 26 heteroatoms. The minimum atomic E-state index is -8.70. The van der Waals surface area contributed by atoms with Crippen LogP contribution in [0.3, 0.4) is 0 Å². The van der Waals surface area contributed by atoms with Crippen LogP contribution in [0.1, 0.15) is 66.6 Å². The van der Waals surface area contributed by atoms with E-state index in [1.807, 2.05) is 0 Å². The molecule has 0 unspecified atom stereocenters. The van der Waals surface area contributed by atoms with Crippen molar-refractivity contribution in [2.45, 2.75) is 126 Å². The van der Waals surface area contributed by atoms with Crippen LogP contribution >= 0.6 is 0 Å². The molecule has 0 aliphatic heterocycles. The van der Waals surface area contributed by atoms with E-state index < -0.39 is 117 Å². The minimum absolute atomic E-state index is 0.0862. The number of amides is 1. The Bertz CT molecular complexity index is 1970. The van der Waals surface area contributed by atoms with Gasteiger partial charge >= 0.3 is 59.7 Å². The van der Waals surface area contributed by atoms with Gasteiger partial charge in [0, 0.05) is 23.6 Å². The van der Waals surface area contributed by atoms with Gasteiger partial charge < -0.3 is 23.4 Å². The summed E-state index contributed by atoms with van der Waals surface area (Å²) in [7, 11) is -2.58. The molecule has 2 rings (SSSR count). The summed E-state index contributed by atoms with van der Waals surface area (Å²) in [6.45, 7) is 9.09. The molecule has 382 valence electrons. The summed E-state index contributed by atoms with van der Waals surface area (Å²) >= 11 is 0. The van der Waals surface area contributed by atoms with Crippen molar-refractivity contribution in [1.82, 2.24) is 0 Å². The Balaban J connectivity index is 2.32. The van der Waals surface area contributed by atoms with Crippen LogP contribution in [-0.2, 0) is 18.7 Å². The van der Waals surface area contributed by atoms with Crippen molar-refractivity contribution in [2.75, 3.05) is 32.2 Å². The zero-order valence-electron chi connectivity index (χ0n) is 36.8. The second kappa shape index (κ2) is 21.4. The molecular weight excluding hydrogens is 970 g/mol. The van der Waals surface area contributed by atoms with Gasteiger partial charge in [0.1, 0.15) is 24.2 Å². The lowest BCUT2D eigenvalue weighted by molar-refractivity contribution is -0.461. The summed E-state index contributed by atoms with van der Waals surface area (Å²) in [5.74, 6) is -57.5. The summed E-state index contributed by atoms with van der Waals surface area (Å²) in [6, 6.07) is 10.6. The van der Waals surface area contributed by atoms with Crippen molar-refractivity contribution >= 4 is 26.1 Å². The number of benzene rings is 2. The van der Waals surface area contributed by atoms with E-state index in [0.717, 1.165) is 0 Å². The number of anilines is 1. The van der Waals surface area contributed by atoms with Gasteiger partial charge in [-0.15, -0.1) is 0 Å². The second-order valence-electron chi connectivity index (χ2n) is 15.8. The van der Waals surface area contributed by atoms with E-state index in [4.69, 9.17) is 23.4 Å². The van der Waals surface area contributed by atoms with Crippen LogP contribution in [0.4, 0.5) is 85.1 Å². The number of methoxy groups -OCH3 is 1. The Kier molecular flexibility index (Phi) is 18.8. The number of hydrogen-bond donors (Lipinski definition) is 1. The van der Waals surface area contributed by atoms with Crippen LogP contribution in [0.25, 0.3) is 0 Å². The fourth-order valence-corrected chi connectivity index (χ4v) is 11.2. The number of carbonyl (C=O) groups excluding carboxylic acids is 2. The molecule has 1 N–H and O–H groups in total. The van der Waals surface area contributed by atoms with E-state index in [2.05, 4.69) is 5.32 Å². The molecule has 2 atom stereocenters. The maximum absolute atomic E-state index is 15.0. The van der Waals surface area contributed by atoms with Crippen molar-refractivity contribution in [3.63, 3.8) is 0 Å². The number of carbonyl (C=O) groups is 2. The van der Waals surface area contributed by atoms with Crippen molar-refractivity contribution in [2.24, 2.45) is 5.92 Å². The van der Waals surface area contributed by atoms with Gasteiger partial charge in [-0.3, -0.25) is 5.32 Å². The highest BCUT2D eigenvalue weighted by molar-refractivity contribution is 6.76. The third-order valence-electron chi connectivity index (χ3n) is 10.7. The lowest BCUT2D eigenvalue weighted by atomic mass is 9.88. The summed E-state index contributed by atoms with van der Waals surface area (Å²) in [4.78, 5) is 25.3. The topological polar surface area (TPSA) is 92.3 Å². The maximum Gasteiger partial charge on any atom is 0.460 e. The molecule has 0 fully saturated rings. The summed E-state index contributed by atoms with van der Waals surface area (Å²) in [5.41, 5.74) is -0.877. The average molecular weight is 1020 g/mol. The molecule has 0 radical (unpaired) electrons. The molecule has 0 saturated carbocycles. The quantitative estimate of drug-likeness (QED) is 0.0368. The van der Waals surface area contributed by atoms with E-state index in [-0.39, 0.29) is 17.9 Å². The van der Waals surface area contributed by atoms with Crippen LogP contribution in [-0.4, -0.2) is 94.9 Å². The zero-order chi connectivity index (χ0) is 52.0. The van der Waals surface area contributed by atoms with Crippen LogP contribution in [0.15, 0.2) is 60.2 Å². The largest absolute Gasteiger partial charge is 0.497 e. The number of esters is 1. The fraction of sp³-hybridized carbons (Fsp3) is 0.610. The smallest absolute Gasteiger partial charge is 0.460 e. The summed E-state index contributed by atoms with van der Waals surface area (Å²) in [5, 5.41) is 2.56. The Morgan fingerprint density at radius 3 is 1.57 bits per heavy atom. The third-order valence-corrected chi connectivity index (χ3v) is 16.3. The molecule has 2 aromatic rings. The van der Waals surface area contributed by atoms with Crippen LogP contribution in [0, 0.1) is 5.92 Å². The van der Waals surface area contributed by atoms with Crippen molar-refractivity contribution < 1.29 is 108 Å². The number of nitrogens with one attached hydrogen (secondary N) is 1. The highest BCUT2D eigenvalue weighted by atomic mass is 28.4. The minimum Gasteiger partial charge on any atom is -0.497 e. The number of alkyl halides is 17. The summed E-state index contributed by atoms with van der Waals surface area (Å²) in [6.07, 6.45) is -10.8. The Morgan fingerprint density at radius 1 is 0.657 bits per heavy atom. The second-order valence-corrected chi connectivity index (χ2v) is 20.8. The third kappa shape index (κ3) is 12.0. The lowest BCUT2D eigenvalue weighted by Crippen LogP contribution is -2.74. The predicted molar refractivity (Wildman–Crippen MR) is 209 cm³/mol. The van der Waals surface area contributed by atoms with Gasteiger partial charge in [-0.1, -0.05) is 52.8 Å². The van der Waals surface area contributed by atoms with Crippen molar-refractivity contribution in [3.8, 4) is 11.5 Å². The number of halogens is 17. The van der Waals surface area contributed by atoms with Gasteiger partial charge in [0.25, 0.3) is 0 Å². The molecular formula is C41H48F17NO7Si. The lowest BCUT2D eigenvalue weighted by Gasteiger charge is -2.44. The molecule has 0 heterocycles. The molecule has 67 heavy (non-hydrogen) atoms. The molecule has 8 nitrogen and oxygen atoms in total. The van der Waals surface area contributed by atoms with E-state index in [0.29, 0.717) is 17.0 Å². The first-order chi connectivity index (χ1) is 30.4. The monoisotopic (exact) mass is 1020 g/mol. The van der Waals surface area contributed by atoms with E-state index in [9.17, 15) is 75.4 Å². The Hall–Kier alpha value is -4.49. The van der Waals surface area contributed by atoms with Crippen LogP contribution in [0.5, 0.6) is 11.5 Å². The van der Waals surface area contributed by atoms with E-state index in [1.165, 1.54) is 72.1 Å². The molecule has 1 amide bonds. The van der Waals surface area contributed by atoms with Gasteiger partial charge in [0.15, 0.2) is 8.32 Å². The maximum atomic E-state index is 15.0. The Labute approximate surface area is 374 Å². The molecule has 0 aliphatic rings. The first-order valence-corrected chi connectivity index (χ1v) is 22.2. The fourth-order valence-electron chi connectivity index (χ4n) is 6.71. The van der Waals surface area contributed by atoms with Crippen molar-refractivity contribution in [3.05, 3.63) is 65.7 Å². The molecule has 2 aromatic carbocycles. The molecule has 0 spiro atoms. The number of ether oxygens (including phenoxy) is 4. The van der Waals surface area contributed by atoms with E-state index >= 15 is 8.78 Å². The predicted octanol–water partition coefficient (Wildman–Crippen LogP) is 13.7. The highest BCUT2D eigenvalue weighted by Gasteiger charge is 2.95.